The van der Waals surface area contributed by atoms with E-state index in [1.54, 1.807) is 4.68 Å². The summed E-state index contributed by atoms with van der Waals surface area (Å²) in [5.74, 6) is 0. The number of hydrogen-bond donors (Lipinski definition) is 1. The van der Waals surface area contributed by atoms with Crippen molar-refractivity contribution in [3.8, 4) is 0 Å². The van der Waals surface area contributed by atoms with Gasteiger partial charge in [-0.1, -0.05) is 11.6 Å². The van der Waals surface area contributed by atoms with E-state index in [4.69, 9.17) is 25.5 Å². The van der Waals surface area contributed by atoms with Crippen molar-refractivity contribution in [2.24, 2.45) is 0 Å². The topological polar surface area (TPSA) is 133 Å². The molecule has 1 N–H and O–H groups in total. The van der Waals surface area contributed by atoms with Crippen LogP contribution in [0.2, 0.25) is 0 Å². The first kappa shape index (κ1) is 30.5. The summed E-state index contributed by atoms with van der Waals surface area (Å²) in [6.45, 7) is 19.1. The fraction of sp³-hybridized carbons (Fsp3) is 0.750. The summed E-state index contributed by atoms with van der Waals surface area (Å²) in [6, 6.07) is 1.43. The van der Waals surface area contributed by atoms with Crippen molar-refractivity contribution < 1.29 is 18.9 Å². The molecule has 0 amide bonds. The molecular weight excluding hydrogens is 544 g/mol. The minimum atomic E-state index is -1.03. The highest BCUT2D eigenvalue weighted by Gasteiger charge is 2.64. The van der Waals surface area contributed by atoms with E-state index in [0.29, 0.717) is 0 Å². The molecule has 0 aliphatic carbocycles. The van der Waals surface area contributed by atoms with E-state index in [-0.39, 0.29) is 38.4 Å². The summed E-state index contributed by atoms with van der Waals surface area (Å²) in [6.07, 6.45) is 4.01. The molecule has 2 unspecified atom stereocenters. The molecule has 14 nitrogen and oxygen atoms in total. The number of fused-ring (bicyclic) bond motifs is 2. The van der Waals surface area contributed by atoms with Crippen LogP contribution in [0.5, 0.6) is 0 Å². The number of nitrogens with one attached hydrogen (secondary N) is 1. The van der Waals surface area contributed by atoms with Gasteiger partial charge >= 0.3 is 5.69 Å². The number of aromatic nitrogens is 5. The molecule has 3 aliphatic rings. The zero-order valence-electron chi connectivity index (χ0n) is 24.8. The standard InChI is InChI=1S/C28H42N8O6/c1-19(2)36(20(3)4)27(39-14-10-29-5)41-24-23-25(35-13-9-22(37)30-26(35)38)42-28(24,18-40-23)17-34-16-21(31-32-34)15-33-11-7-6-8-12-33/h9,13,16,19-20,23-25,27H,6-8,10-12,14-15,17-18H2,1-4H3,(H,30,37,38)/t23?,24-,25-,27?,28+/m1/s1. The Labute approximate surface area is 245 Å². The normalized spacial score (nSPS) is 26.9. The Morgan fingerprint density at radius 3 is 2.67 bits per heavy atom. The highest BCUT2D eigenvalue weighted by atomic mass is 16.7. The predicted octanol–water partition coefficient (Wildman–Crippen LogP) is 1.20. The maximum absolute atomic E-state index is 12.8. The van der Waals surface area contributed by atoms with E-state index in [0.717, 1.165) is 25.3 Å². The first-order valence-electron chi connectivity index (χ1n) is 14.8. The van der Waals surface area contributed by atoms with E-state index in [9.17, 15) is 9.59 Å². The molecule has 0 aromatic carbocycles. The summed E-state index contributed by atoms with van der Waals surface area (Å²) in [5, 5.41) is 8.83. The van der Waals surface area contributed by atoms with Crippen molar-refractivity contribution in [2.45, 2.75) is 103 Å². The molecule has 5 atom stereocenters. The molecule has 0 radical (unpaired) electrons. The van der Waals surface area contributed by atoms with Crippen molar-refractivity contribution >= 4 is 0 Å². The van der Waals surface area contributed by atoms with Crippen LogP contribution in [0.4, 0.5) is 0 Å². The van der Waals surface area contributed by atoms with Crippen molar-refractivity contribution in [1.29, 1.82) is 0 Å². The second-order valence-corrected chi connectivity index (χ2v) is 11.9. The molecule has 2 bridgehead atoms. The van der Waals surface area contributed by atoms with E-state index >= 15 is 0 Å². The highest BCUT2D eigenvalue weighted by molar-refractivity contribution is 5.09. The van der Waals surface area contributed by atoms with Gasteiger partial charge in [0.25, 0.3) is 5.56 Å². The fourth-order valence-corrected chi connectivity index (χ4v) is 6.28. The minimum Gasteiger partial charge on any atom is -0.367 e. The molecule has 2 aromatic rings. The van der Waals surface area contributed by atoms with Crippen LogP contribution in [0, 0.1) is 6.57 Å². The van der Waals surface area contributed by atoms with Crippen LogP contribution in [0.3, 0.4) is 0 Å². The molecule has 0 spiro atoms. The lowest BCUT2D eigenvalue weighted by molar-refractivity contribution is -0.271. The third-order valence-corrected chi connectivity index (χ3v) is 8.11. The molecule has 42 heavy (non-hydrogen) atoms. The van der Waals surface area contributed by atoms with Crippen LogP contribution < -0.4 is 11.2 Å². The second kappa shape index (κ2) is 13.2. The molecule has 3 saturated heterocycles. The van der Waals surface area contributed by atoms with Crippen molar-refractivity contribution in [2.75, 3.05) is 32.8 Å². The molecule has 5 heterocycles. The maximum Gasteiger partial charge on any atom is 0.330 e. The summed E-state index contributed by atoms with van der Waals surface area (Å²) in [5.41, 5.74) is -1.25. The Bertz CT molecular complexity index is 1340. The van der Waals surface area contributed by atoms with Crippen molar-refractivity contribution in [3.05, 3.63) is 56.4 Å². The predicted molar refractivity (Wildman–Crippen MR) is 151 cm³/mol. The van der Waals surface area contributed by atoms with Crippen LogP contribution >= 0.6 is 0 Å². The number of hydrogen-bond acceptors (Lipinski definition) is 10. The van der Waals surface area contributed by atoms with Gasteiger partial charge in [0.15, 0.2) is 6.23 Å². The van der Waals surface area contributed by atoms with Gasteiger partial charge in [-0.3, -0.25) is 24.1 Å². The molecule has 14 heteroatoms. The first-order valence-corrected chi connectivity index (χ1v) is 14.8. The smallest absolute Gasteiger partial charge is 0.330 e. The quantitative estimate of drug-likeness (QED) is 0.207. The highest BCUT2D eigenvalue weighted by Crippen LogP contribution is 2.47. The second-order valence-electron chi connectivity index (χ2n) is 11.9. The van der Waals surface area contributed by atoms with Crippen LogP contribution in [-0.4, -0.2) is 103 Å². The van der Waals surface area contributed by atoms with E-state index in [2.05, 4.69) is 57.6 Å². The van der Waals surface area contributed by atoms with Gasteiger partial charge in [0.2, 0.25) is 13.0 Å². The van der Waals surface area contributed by atoms with Gasteiger partial charge in [-0.25, -0.2) is 16.0 Å². The van der Waals surface area contributed by atoms with Gasteiger partial charge in [0.05, 0.1) is 18.8 Å². The average molecular weight is 587 g/mol. The number of nitrogens with zero attached hydrogens (tertiary/aromatic N) is 7. The Morgan fingerprint density at radius 1 is 1.21 bits per heavy atom. The lowest BCUT2D eigenvalue weighted by Gasteiger charge is -2.39. The summed E-state index contributed by atoms with van der Waals surface area (Å²) in [4.78, 5) is 34.8. The van der Waals surface area contributed by atoms with Gasteiger partial charge in [0.1, 0.15) is 24.4 Å². The summed E-state index contributed by atoms with van der Waals surface area (Å²) < 4.78 is 28.8. The number of aromatic amines is 1. The van der Waals surface area contributed by atoms with E-state index < -0.39 is 41.7 Å². The van der Waals surface area contributed by atoms with Crippen LogP contribution in [0.25, 0.3) is 4.85 Å². The van der Waals surface area contributed by atoms with E-state index in [1.165, 1.54) is 36.1 Å². The lowest BCUT2D eigenvalue weighted by Crippen LogP contribution is -2.54. The molecule has 5 rings (SSSR count). The Kier molecular flexibility index (Phi) is 9.56. The Hall–Kier alpha value is -2.93. The molecule has 0 saturated carbocycles. The number of ether oxygens (including phenoxy) is 4. The molecule has 2 aromatic heterocycles. The van der Waals surface area contributed by atoms with E-state index in [1.807, 2.05) is 6.20 Å². The first-order chi connectivity index (χ1) is 20.2. The Morgan fingerprint density at radius 2 is 1.98 bits per heavy atom. The van der Waals surface area contributed by atoms with Crippen LogP contribution in [0.15, 0.2) is 28.0 Å². The number of likely N-dealkylation sites (tertiary alicyclic amines) is 1. The average Bonchev–Trinajstić information content (AvgIpc) is 3.60. The molecular formula is C28H42N8O6. The third kappa shape index (κ3) is 6.51. The summed E-state index contributed by atoms with van der Waals surface area (Å²) in [7, 11) is 0. The van der Waals surface area contributed by atoms with Crippen LogP contribution in [-0.2, 0) is 32.0 Å². The Balaban J connectivity index is 1.44. The van der Waals surface area contributed by atoms with Gasteiger partial charge < -0.3 is 23.8 Å². The van der Waals surface area contributed by atoms with Gasteiger partial charge in [-0.15, -0.1) is 5.10 Å². The van der Waals surface area contributed by atoms with Gasteiger partial charge in [-0.2, -0.15) is 0 Å². The maximum atomic E-state index is 12.8. The monoisotopic (exact) mass is 586 g/mol. The lowest BCUT2D eigenvalue weighted by atomic mass is 9.99. The third-order valence-electron chi connectivity index (χ3n) is 8.11. The molecule has 230 valence electrons. The SMILES string of the molecule is [C-]#[N+]CCOC(O[C@@H]1C2OC[C@]1(Cn1cc(CN3CCCCC3)nn1)O[C@H]2n1ccc(=O)[nH]c1=O)N(C(C)C)C(C)C. The number of piperidine rings is 1. The molecule has 3 aliphatic heterocycles. The number of H-pyrrole nitrogens is 1. The minimum absolute atomic E-state index is 0.0741. The summed E-state index contributed by atoms with van der Waals surface area (Å²) >= 11 is 0. The van der Waals surface area contributed by atoms with Crippen LogP contribution in [0.1, 0.15) is 58.9 Å². The number of rotatable bonds is 13. The van der Waals surface area contributed by atoms with Gasteiger partial charge in [-0.05, 0) is 53.6 Å². The zero-order chi connectivity index (χ0) is 29.9. The van der Waals surface area contributed by atoms with Crippen molar-refractivity contribution in [1.82, 2.24) is 34.3 Å². The van der Waals surface area contributed by atoms with Gasteiger partial charge in [0, 0.05) is 37.1 Å². The zero-order valence-corrected chi connectivity index (χ0v) is 24.8. The largest absolute Gasteiger partial charge is 0.367 e. The fourth-order valence-electron chi connectivity index (χ4n) is 6.28. The molecule has 3 fully saturated rings. The van der Waals surface area contributed by atoms with Crippen molar-refractivity contribution in [3.63, 3.8) is 0 Å².